The second kappa shape index (κ2) is 9.46. The molecule has 0 aromatic heterocycles. The van der Waals surface area contributed by atoms with Crippen LogP contribution in [-0.2, 0) is 9.53 Å². The summed E-state index contributed by atoms with van der Waals surface area (Å²) in [6.07, 6.45) is -0.611. The van der Waals surface area contributed by atoms with Crippen LogP contribution in [0.3, 0.4) is 0 Å². The molecule has 8 heteroatoms. The zero-order valence-corrected chi connectivity index (χ0v) is 19.9. The highest BCUT2D eigenvalue weighted by molar-refractivity contribution is 7.99. The fourth-order valence-electron chi connectivity index (χ4n) is 4.65. The van der Waals surface area contributed by atoms with Crippen molar-refractivity contribution < 1.29 is 24.2 Å². The van der Waals surface area contributed by atoms with Crippen molar-refractivity contribution in [3.05, 3.63) is 89.0 Å². The number of nitrogens with one attached hydrogen (secondary N) is 1. The number of carboxylic acid groups (broad SMARTS) is 1. The van der Waals surface area contributed by atoms with Crippen molar-refractivity contribution in [2.24, 2.45) is 0 Å². The summed E-state index contributed by atoms with van der Waals surface area (Å²) in [5.74, 6) is -0.774. The summed E-state index contributed by atoms with van der Waals surface area (Å²) in [6, 6.07) is 20.3. The third-order valence-corrected chi connectivity index (χ3v) is 7.51. The fourth-order valence-corrected chi connectivity index (χ4v) is 5.79. The number of amides is 2. The zero-order chi connectivity index (χ0) is 24.5. The molecule has 0 bridgehead atoms. The number of hydrogen-bond acceptors (Lipinski definition) is 5. The molecule has 7 nitrogen and oxygen atoms in total. The summed E-state index contributed by atoms with van der Waals surface area (Å²) in [4.78, 5) is 38.5. The maximum atomic E-state index is 12.9. The van der Waals surface area contributed by atoms with Gasteiger partial charge in [-0.05, 0) is 46.9 Å². The van der Waals surface area contributed by atoms with Crippen LogP contribution in [-0.4, -0.2) is 52.3 Å². The van der Waals surface area contributed by atoms with Crippen molar-refractivity contribution in [2.45, 2.75) is 18.9 Å². The SMILES string of the molecule is Cc1ccc(C(=O)N2CSC[C@H]2C(=O)O)cc1NC(=O)OCC1c2ccccc2-c2ccccc21. The van der Waals surface area contributed by atoms with Gasteiger partial charge in [-0.15, -0.1) is 11.8 Å². The van der Waals surface area contributed by atoms with Gasteiger partial charge in [-0.25, -0.2) is 9.59 Å². The van der Waals surface area contributed by atoms with Crippen LogP contribution < -0.4 is 5.32 Å². The van der Waals surface area contributed by atoms with E-state index in [9.17, 15) is 19.5 Å². The number of fused-ring (bicyclic) bond motifs is 3. The first kappa shape index (κ1) is 23.0. The first-order valence-electron chi connectivity index (χ1n) is 11.3. The number of carbonyl (C=O) groups excluding carboxylic acids is 2. The lowest BCUT2D eigenvalue weighted by atomic mass is 9.98. The van der Waals surface area contributed by atoms with E-state index in [0.29, 0.717) is 22.9 Å². The van der Waals surface area contributed by atoms with E-state index in [-0.39, 0.29) is 18.4 Å². The minimum atomic E-state index is -1.02. The molecule has 1 heterocycles. The molecule has 0 unspecified atom stereocenters. The molecule has 5 rings (SSSR count). The number of carbonyl (C=O) groups is 3. The highest BCUT2D eigenvalue weighted by Gasteiger charge is 2.35. The first-order chi connectivity index (χ1) is 16.9. The van der Waals surface area contributed by atoms with Gasteiger partial charge in [0.05, 0.1) is 5.88 Å². The summed E-state index contributed by atoms with van der Waals surface area (Å²) in [6.45, 7) is 2.00. The Hall–Kier alpha value is -3.78. The van der Waals surface area contributed by atoms with Crippen molar-refractivity contribution in [1.29, 1.82) is 0 Å². The fraction of sp³-hybridized carbons (Fsp3) is 0.222. The Morgan fingerprint density at radius 3 is 2.34 bits per heavy atom. The van der Waals surface area contributed by atoms with E-state index >= 15 is 0 Å². The van der Waals surface area contributed by atoms with Crippen molar-refractivity contribution in [3.8, 4) is 11.1 Å². The number of thioether (sulfide) groups is 1. The van der Waals surface area contributed by atoms with Gasteiger partial charge in [0.1, 0.15) is 12.6 Å². The Labute approximate surface area is 207 Å². The smallest absolute Gasteiger partial charge is 0.411 e. The first-order valence-corrected chi connectivity index (χ1v) is 12.4. The van der Waals surface area contributed by atoms with E-state index in [0.717, 1.165) is 27.8 Å². The van der Waals surface area contributed by atoms with E-state index in [1.807, 2.05) is 31.2 Å². The van der Waals surface area contributed by atoms with E-state index in [1.165, 1.54) is 16.7 Å². The number of ether oxygens (including phenoxy) is 1. The summed E-state index contributed by atoms with van der Waals surface area (Å²) in [5, 5.41) is 12.1. The maximum absolute atomic E-state index is 12.9. The minimum Gasteiger partial charge on any atom is -0.480 e. The van der Waals surface area contributed by atoms with Crippen LogP contribution >= 0.6 is 11.8 Å². The molecule has 1 aliphatic heterocycles. The number of aryl methyl sites for hydroxylation is 1. The average Bonchev–Trinajstić information content (AvgIpc) is 3.47. The number of aliphatic carboxylic acids is 1. The van der Waals surface area contributed by atoms with Crippen molar-refractivity contribution in [2.75, 3.05) is 23.6 Å². The lowest BCUT2D eigenvalue weighted by Gasteiger charge is -2.21. The van der Waals surface area contributed by atoms with Gasteiger partial charge in [0.15, 0.2) is 0 Å². The van der Waals surface area contributed by atoms with Gasteiger partial charge in [0.25, 0.3) is 5.91 Å². The van der Waals surface area contributed by atoms with Gasteiger partial charge in [0, 0.05) is 22.9 Å². The molecule has 35 heavy (non-hydrogen) atoms. The third kappa shape index (κ3) is 4.37. The van der Waals surface area contributed by atoms with Crippen molar-refractivity contribution in [3.63, 3.8) is 0 Å². The molecule has 0 spiro atoms. The van der Waals surface area contributed by atoms with E-state index in [1.54, 1.807) is 18.2 Å². The normalized spacial score (nSPS) is 16.5. The van der Waals surface area contributed by atoms with Gasteiger partial charge in [-0.3, -0.25) is 10.1 Å². The molecule has 3 aromatic rings. The van der Waals surface area contributed by atoms with Crippen LogP contribution in [0.1, 0.15) is 33.0 Å². The van der Waals surface area contributed by atoms with Gasteiger partial charge in [-0.1, -0.05) is 54.6 Å². The van der Waals surface area contributed by atoms with Crippen LogP contribution in [0.4, 0.5) is 10.5 Å². The molecule has 2 N–H and O–H groups in total. The van der Waals surface area contributed by atoms with Crippen LogP contribution in [0.15, 0.2) is 66.7 Å². The lowest BCUT2D eigenvalue weighted by molar-refractivity contribution is -0.140. The molecule has 2 aliphatic rings. The molecular weight excluding hydrogens is 464 g/mol. The number of nitrogens with zero attached hydrogens (tertiary/aromatic N) is 1. The number of rotatable bonds is 5. The van der Waals surface area contributed by atoms with Gasteiger partial charge >= 0.3 is 12.1 Å². The topological polar surface area (TPSA) is 95.9 Å². The number of carboxylic acids is 1. The summed E-state index contributed by atoms with van der Waals surface area (Å²) < 4.78 is 5.62. The van der Waals surface area contributed by atoms with Crippen LogP contribution in [0.2, 0.25) is 0 Å². The quantitative estimate of drug-likeness (QED) is 0.527. The van der Waals surface area contributed by atoms with Crippen molar-refractivity contribution >= 4 is 35.4 Å². The average molecular weight is 489 g/mol. The highest BCUT2D eigenvalue weighted by Crippen LogP contribution is 2.44. The number of hydrogen-bond donors (Lipinski definition) is 2. The van der Waals surface area contributed by atoms with Crippen LogP contribution in [0, 0.1) is 6.92 Å². The Morgan fingerprint density at radius 2 is 1.69 bits per heavy atom. The Kier molecular flexibility index (Phi) is 6.21. The Morgan fingerprint density at radius 1 is 1.03 bits per heavy atom. The van der Waals surface area contributed by atoms with E-state index < -0.39 is 18.1 Å². The summed E-state index contributed by atoms with van der Waals surface area (Å²) in [5.41, 5.74) is 6.09. The molecule has 1 aliphatic carbocycles. The zero-order valence-electron chi connectivity index (χ0n) is 19.1. The Balaban J connectivity index is 1.29. The standard InChI is InChI=1S/C27H24N2O5S/c1-16-10-11-17(25(30)29-15-35-14-24(29)26(31)32)12-23(16)28-27(33)34-13-22-20-8-4-2-6-18(20)19-7-3-5-9-21(19)22/h2-12,22,24H,13-15H2,1H3,(H,28,33)(H,31,32)/t24-/m0/s1. The third-order valence-electron chi connectivity index (χ3n) is 6.49. The summed E-state index contributed by atoms with van der Waals surface area (Å²) in [7, 11) is 0. The molecule has 0 radical (unpaired) electrons. The highest BCUT2D eigenvalue weighted by atomic mass is 32.2. The molecule has 3 aromatic carbocycles. The van der Waals surface area contributed by atoms with E-state index in [2.05, 4.69) is 29.6 Å². The molecule has 1 saturated heterocycles. The monoisotopic (exact) mass is 488 g/mol. The second-order valence-corrected chi connectivity index (χ2v) is 9.61. The lowest BCUT2D eigenvalue weighted by Crippen LogP contribution is -2.41. The molecule has 0 saturated carbocycles. The molecule has 2 amide bonds. The summed E-state index contributed by atoms with van der Waals surface area (Å²) >= 11 is 1.40. The number of anilines is 1. The molecule has 1 atom stereocenters. The van der Waals surface area contributed by atoms with Crippen molar-refractivity contribution in [1.82, 2.24) is 4.90 Å². The van der Waals surface area contributed by atoms with Gasteiger partial charge in [-0.2, -0.15) is 0 Å². The molecule has 178 valence electrons. The maximum Gasteiger partial charge on any atom is 0.411 e. The van der Waals surface area contributed by atoms with E-state index in [4.69, 9.17) is 4.74 Å². The Bertz CT molecular complexity index is 1280. The number of benzene rings is 3. The molecule has 1 fully saturated rings. The predicted octanol–water partition coefficient (Wildman–Crippen LogP) is 4.96. The molecular formula is C27H24N2O5S. The van der Waals surface area contributed by atoms with Gasteiger partial charge < -0.3 is 14.7 Å². The van der Waals surface area contributed by atoms with Gasteiger partial charge in [0.2, 0.25) is 0 Å². The second-order valence-electron chi connectivity index (χ2n) is 8.61. The van der Waals surface area contributed by atoms with Crippen LogP contribution in [0.5, 0.6) is 0 Å². The largest absolute Gasteiger partial charge is 0.480 e. The minimum absolute atomic E-state index is 0.0530. The predicted molar refractivity (Wildman–Crippen MR) is 135 cm³/mol. The van der Waals surface area contributed by atoms with Crippen LogP contribution in [0.25, 0.3) is 11.1 Å².